The Hall–Kier alpha value is -1.36. The number of aromatic nitrogens is 2. The van der Waals surface area contributed by atoms with Crippen LogP contribution in [-0.4, -0.2) is 16.5 Å². The Morgan fingerprint density at radius 3 is 2.68 bits per heavy atom. The van der Waals surface area contributed by atoms with E-state index in [9.17, 15) is 0 Å². The van der Waals surface area contributed by atoms with E-state index >= 15 is 0 Å². The van der Waals surface area contributed by atoms with Crippen LogP contribution in [0.1, 0.15) is 31.7 Å². The van der Waals surface area contributed by atoms with Crippen molar-refractivity contribution >= 4 is 21.7 Å². The van der Waals surface area contributed by atoms with Crippen molar-refractivity contribution in [2.45, 2.75) is 33.6 Å². The van der Waals surface area contributed by atoms with Gasteiger partial charge in [0.15, 0.2) is 5.76 Å². The first-order chi connectivity index (χ1) is 9.17. The first kappa shape index (κ1) is 14.1. The highest BCUT2D eigenvalue weighted by Gasteiger charge is 2.16. The Bertz CT molecular complexity index is 566. The molecule has 0 spiro atoms. The third-order valence-corrected chi connectivity index (χ3v) is 3.47. The third-order valence-electron chi connectivity index (χ3n) is 2.84. The van der Waals surface area contributed by atoms with Crippen LogP contribution < -0.4 is 5.32 Å². The molecule has 102 valence electrons. The lowest BCUT2D eigenvalue weighted by Gasteiger charge is -2.12. The summed E-state index contributed by atoms with van der Waals surface area (Å²) in [4.78, 5) is 9.21. The molecule has 0 aliphatic rings. The summed E-state index contributed by atoms with van der Waals surface area (Å²) in [6, 6.07) is 1.88. The van der Waals surface area contributed by atoms with E-state index in [4.69, 9.17) is 4.42 Å². The maximum Gasteiger partial charge on any atom is 0.166 e. The molecule has 0 fully saturated rings. The summed E-state index contributed by atoms with van der Waals surface area (Å²) in [5.74, 6) is 2.50. The first-order valence-corrected chi connectivity index (χ1v) is 7.31. The standard InChI is InChI=1S/C14H18BrN3O/c1-4-6-11-17-12(13-10(15)7-8-19-13)9(3)14(18-11)16-5-2/h7-8H,4-6H2,1-3H3,(H,16,17,18). The Balaban J connectivity index is 2.55. The number of nitrogens with one attached hydrogen (secondary N) is 1. The van der Waals surface area contributed by atoms with Crippen molar-refractivity contribution in [1.82, 2.24) is 9.97 Å². The van der Waals surface area contributed by atoms with Crippen molar-refractivity contribution in [3.63, 3.8) is 0 Å². The van der Waals surface area contributed by atoms with Gasteiger partial charge in [-0.1, -0.05) is 6.92 Å². The molecule has 0 radical (unpaired) electrons. The number of hydrogen-bond donors (Lipinski definition) is 1. The second kappa shape index (κ2) is 6.19. The van der Waals surface area contributed by atoms with Crippen LogP contribution in [0.4, 0.5) is 5.82 Å². The maximum atomic E-state index is 5.53. The van der Waals surface area contributed by atoms with Crippen molar-refractivity contribution in [2.24, 2.45) is 0 Å². The topological polar surface area (TPSA) is 51.0 Å². The molecule has 2 aromatic rings. The van der Waals surface area contributed by atoms with Gasteiger partial charge in [0.2, 0.25) is 0 Å². The van der Waals surface area contributed by atoms with Gasteiger partial charge in [-0.15, -0.1) is 0 Å². The molecule has 5 heteroatoms. The molecule has 0 bridgehead atoms. The Morgan fingerprint density at radius 1 is 1.32 bits per heavy atom. The molecule has 0 atom stereocenters. The molecule has 0 aliphatic carbocycles. The van der Waals surface area contributed by atoms with Crippen LogP contribution in [0.15, 0.2) is 21.2 Å². The van der Waals surface area contributed by atoms with E-state index in [1.54, 1.807) is 6.26 Å². The number of aryl methyl sites for hydroxylation is 1. The molecule has 0 unspecified atom stereocenters. The van der Waals surface area contributed by atoms with Crippen molar-refractivity contribution < 1.29 is 4.42 Å². The minimum Gasteiger partial charge on any atom is -0.461 e. The average molecular weight is 324 g/mol. The molecule has 0 saturated carbocycles. The Labute approximate surface area is 121 Å². The molecule has 2 heterocycles. The highest BCUT2D eigenvalue weighted by molar-refractivity contribution is 9.10. The van der Waals surface area contributed by atoms with E-state index in [0.29, 0.717) is 0 Å². The van der Waals surface area contributed by atoms with Gasteiger partial charge < -0.3 is 9.73 Å². The van der Waals surface area contributed by atoms with Crippen LogP contribution in [0.2, 0.25) is 0 Å². The van der Waals surface area contributed by atoms with Crippen molar-refractivity contribution in [1.29, 1.82) is 0 Å². The molecule has 4 nitrogen and oxygen atoms in total. The van der Waals surface area contributed by atoms with Gasteiger partial charge in [0.1, 0.15) is 17.3 Å². The Morgan fingerprint density at radius 2 is 2.11 bits per heavy atom. The summed E-state index contributed by atoms with van der Waals surface area (Å²) >= 11 is 3.49. The molecule has 0 aromatic carbocycles. The van der Waals surface area contributed by atoms with E-state index in [0.717, 1.165) is 52.5 Å². The monoisotopic (exact) mass is 323 g/mol. The van der Waals surface area contributed by atoms with Gasteiger partial charge in [0.25, 0.3) is 0 Å². The summed E-state index contributed by atoms with van der Waals surface area (Å²) in [5, 5.41) is 3.29. The van der Waals surface area contributed by atoms with Crippen LogP contribution in [0.5, 0.6) is 0 Å². The summed E-state index contributed by atoms with van der Waals surface area (Å²) in [6.45, 7) is 7.03. The Kier molecular flexibility index (Phi) is 4.58. The van der Waals surface area contributed by atoms with Gasteiger partial charge in [0, 0.05) is 18.5 Å². The lowest BCUT2D eigenvalue weighted by atomic mass is 10.1. The molecule has 0 saturated heterocycles. The van der Waals surface area contributed by atoms with Gasteiger partial charge in [0.05, 0.1) is 10.7 Å². The molecular formula is C14H18BrN3O. The molecule has 0 amide bonds. The smallest absolute Gasteiger partial charge is 0.166 e. The van der Waals surface area contributed by atoms with Crippen molar-refractivity contribution in [3.8, 4) is 11.5 Å². The van der Waals surface area contributed by atoms with Crippen LogP contribution in [0.25, 0.3) is 11.5 Å². The van der Waals surface area contributed by atoms with E-state index in [1.165, 1.54) is 0 Å². The van der Waals surface area contributed by atoms with Gasteiger partial charge in [-0.25, -0.2) is 9.97 Å². The highest BCUT2D eigenvalue weighted by Crippen LogP contribution is 2.32. The van der Waals surface area contributed by atoms with Gasteiger partial charge in [-0.05, 0) is 42.3 Å². The highest BCUT2D eigenvalue weighted by atomic mass is 79.9. The fourth-order valence-corrected chi connectivity index (χ4v) is 2.31. The number of furan rings is 1. The van der Waals surface area contributed by atoms with Crippen LogP contribution >= 0.6 is 15.9 Å². The first-order valence-electron chi connectivity index (χ1n) is 6.52. The fraction of sp³-hybridized carbons (Fsp3) is 0.429. The zero-order chi connectivity index (χ0) is 13.8. The molecule has 2 aromatic heterocycles. The van der Waals surface area contributed by atoms with E-state index in [1.807, 2.05) is 13.0 Å². The van der Waals surface area contributed by atoms with Gasteiger partial charge in [-0.2, -0.15) is 0 Å². The zero-order valence-electron chi connectivity index (χ0n) is 11.5. The van der Waals surface area contributed by atoms with E-state index in [2.05, 4.69) is 45.1 Å². The minimum absolute atomic E-state index is 0.761. The summed E-state index contributed by atoms with van der Waals surface area (Å²) < 4.78 is 6.45. The number of hydrogen-bond acceptors (Lipinski definition) is 4. The second-order valence-corrected chi connectivity index (χ2v) is 5.19. The maximum absolute atomic E-state index is 5.53. The van der Waals surface area contributed by atoms with E-state index < -0.39 is 0 Å². The molecular weight excluding hydrogens is 306 g/mol. The normalized spacial score (nSPS) is 10.7. The lowest BCUT2D eigenvalue weighted by molar-refractivity contribution is 0.577. The SMILES string of the molecule is CCCc1nc(NCC)c(C)c(-c2occc2Br)n1. The summed E-state index contributed by atoms with van der Waals surface area (Å²) in [7, 11) is 0. The minimum atomic E-state index is 0.761. The molecule has 0 aliphatic heterocycles. The molecule has 1 N–H and O–H groups in total. The largest absolute Gasteiger partial charge is 0.461 e. The molecule has 2 rings (SSSR count). The molecule has 19 heavy (non-hydrogen) atoms. The second-order valence-electron chi connectivity index (χ2n) is 4.34. The van der Waals surface area contributed by atoms with Crippen LogP contribution in [-0.2, 0) is 6.42 Å². The lowest BCUT2D eigenvalue weighted by Crippen LogP contribution is -2.07. The van der Waals surface area contributed by atoms with Crippen LogP contribution in [0, 0.1) is 6.92 Å². The fourth-order valence-electron chi connectivity index (χ4n) is 1.92. The predicted octanol–water partition coefficient (Wildman–Crippen LogP) is 4.19. The number of nitrogens with zero attached hydrogens (tertiary/aromatic N) is 2. The third kappa shape index (κ3) is 2.97. The number of rotatable bonds is 5. The van der Waals surface area contributed by atoms with Crippen molar-refractivity contribution in [3.05, 3.63) is 28.2 Å². The van der Waals surface area contributed by atoms with E-state index in [-0.39, 0.29) is 0 Å². The van der Waals surface area contributed by atoms with Crippen LogP contribution in [0.3, 0.4) is 0 Å². The summed E-state index contributed by atoms with van der Waals surface area (Å²) in [6.07, 6.45) is 3.55. The number of halogens is 1. The number of anilines is 1. The van der Waals surface area contributed by atoms with Gasteiger partial charge in [-0.3, -0.25) is 0 Å². The van der Waals surface area contributed by atoms with Gasteiger partial charge >= 0.3 is 0 Å². The summed E-state index contributed by atoms with van der Waals surface area (Å²) in [5.41, 5.74) is 1.86. The zero-order valence-corrected chi connectivity index (χ0v) is 13.0. The average Bonchev–Trinajstić information content (AvgIpc) is 2.80. The predicted molar refractivity (Wildman–Crippen MR) is 80.3 cm³/mol. The quantitative estimate of drug-likeness (QED) is 0.896. The van der Waals surface area contributed by atoms with Crippen molar-refractivity contribution in [2.75, 3.05) is 11.9 Å².